The van der Waals surface area contributed by atoms with Crippen LogP contribution >= 0.6 is 23.5 Å². The Bertz CT molecular complexity index is 1290. The van der Waals surface area contributed by atoms with Gasteiger partial charge in [0.1, 0.15) is 5.37 Å². The van der Waals surface area contributed by atoms with Crippen LogP contribution in [-0.4, -0.2) is 47.6 Å². The lowest BCUT2D eigenvalue weighted by Gasteiger charge is -2.48. The average Bonchev–Trinajstić information content (AvgIpc) is 3.13. The minimum Gasteiger partial charge on any atom is -0.477 e. The van der Waals surface area contributed by atoms with E-state index in [0.717, 1.165) is 10.5 Å². The van der Waals surface area contributed by atoms with Crippen molar-refractivity contribution < 1.29 is 28.5 Å². The normalized spacial score (nSPS) is 20.3. The molecule has 3 atom stereocenters. The quantitative estimate of drug-likeness (QED) is 0.260. The number of carboxylic acid groups (broad SMARTS) is 1. The Balaban J connectivity index is 1.45. The average molecular weight is 573 g/mol. The third-order valence-electron chi connectivity index (χ3n) is 7.42. The van der Waals surface area contributed by atoms with Crippen molar-refractivity contribution in [3.63, 3.8) is 0 Å². The van der Waals surface area contributed by atoms with Crippen LogP contribution in [0.1, 0.15) is 43.6 Å². The zero-order chi connectivity index (χ0) is 28.0. The number of benzene rings is 1. The molecule has 3 heterocycles. The number of carbonyl (C=O) groups is 3. The smallest absolute Gasteiger partial charge is 0.354 e. The maximum Gasteiger partial charge on any atom is 0.354 e. The fourth-order valence-electron chi connectivity index (χ4n) is 4.23. The molecule has 0 spiro atoms. The molecule has 3 N–H and O–H groups in total. The summed E-state index contributed by atoms with van der Waals surface area (Å²) in [5.41, 5.74) is 6.86. The minimum atomic E-state index is -2.08. The number of nitrogens with two attached hydrogens (primary N) is 1. The van der Waals surface area contributed by atoms with Crippen molar-refractivity contribution in [2.45, 2.75) is 68.7 Å². The molecule has 0 radical (unpaired) electrons. The highest BCUT2D eigenvalue weighted by molar-refractivity contribution is 8.22. The molecule has 1 fully saturated rings. The summed E-state index contributed by atoms with van der Waals surface area (Å²) in [5.74, 6) is -2.12. The van der Waals surface area contributed by atoms with E-state index in [9.17, 15) is 19.5 Å². The van der Waals surface area contributed by atoms with Gasteiger partial charge in [0.2, 0.25) is 11.8 Å². The van der Waals surface area contributed by atoms with Gasteiger partial charge in [0.25, 0.3) is 0 Å². The van der Waals surface area contributed by atoms with E-state index >= 15 is 0 Å². The summed E-state index contributed by atoms with van der Waals surface area (Å²) in [6.45, 7) is 13.3. The van der Waals surface area contributed by atoms with Gasteiger partial charge < -0.3 is 15.3 Å². The van der Waals surface area contributed by atoms with Gasteiger partial charge in [-0.15, -0.1) is 0 Å². The molecular formula is C27H34N3O5S2Si+. The lowest BCUT2D eigenvalue weighted by molar-refractivity contribution is -0.688. The molecular weight excluding hydrogens is 539 g/mol. The number of pyridine rings is 1. The fraction of sp³-hybridized carbons (Fsp3) is 0.407. The van der Waals surface area contributed by atoms with E-state index in [1.54, 1.807) is 24.5 Å². The van der Waals surface area contributed by atoms with Gasteiger partial charge in [-0.25, -0.2) is 9.36 Å². The van der Waals surface area contributed by atoms with Gasteiger partial charge in [-0.2, -0.15) is 0 Å². The number of rotatable bonds is 9. The van der Waals surface area contributed by atoms with Gasteiger partial charge in [0.15, 0.2) is 33.0 Å². The summed E-state index contributed by atoms with van der Waals surface area (Å²) >= 11 is 2.80. The second kappa shape index (κ2) is 10.5. The van der Waals surface area contributed by atoms with Crippen molar-refractivity contribution >= 4 is 49.6 Å². The predicted octanol–water partition coefficient (Wildman–Crippen LogP) is 4.41. The van der Waals surface area contributed by atoms with Gasteiger partial charge in [-0.3, -0.25) is 14.5 Å². The number of carboxylic acids is 1. The first-order valence-electron chi connectivity index (χ1n) is 12.4. The monoisotopic (exact) mass is 572 g/mol. The highest BCUT2D eigenvalue weighted by Crippen LogP contribution is 2.56. The maximum atomic E-state index is 13.1. The number of carbonyl (C=O) groups excluding carboxylic acids is 2. The Morgan fingerprint density at radius 3 is 2.32 bits per heavy atom. The van der Waals surface area contributed by atoms with Crippen LogP contribution in [0, 0.1) is 5.92 Å². The number of hydrogen-bond acceptors (Lipinski definition) is 6. The van der Waals surface area contributed by atoms with Crippen LogP contribution in [-0.2, 0) is 20.6 Å². The molecule has 0 aliphatic carbocycles. The minimum absolute atomic E-state index is 0.0136. The number of thioether (sulfide) groups is 2. The molecule has 11 heteroatoms. The molecule has 38 heavy (non-hydrogen) atoms. The molecule has 2 aliphatic heterocycles. The van der Waals surface area contributed by atoms with Crippen LogP contribution in [0.15, 0.2) is 63.6 Å². The Hall–Kier alpha value is -2.60. The number of hydrogen-bond donors (Lipinski definition) is 2. The highest BCUT2D eigenvalue weighted by atomic mass is 32.2. The largest absolute Gasteiger partial charge is 0.477 e. The van der Waals surface area contributed by atoms with Crippen LogP contribution in [0.2, 0.25) is 18.1 Å². The van der Waals surface area contributed by atoms with Crippen LogP contribution in [0.4, 0.5) is 0 Å². The lowest BCUT2D eigenvalue weighted by atomic mass is 9.92. The van der Waals surface area contributed by atoms with Crippen LogP contribution in [0.5, 0.6) is 0 Å². The molecule has 0 bridgehead atoms. The standard InChI is InChI=1S/C27H33N3O5S2Si/c1-16(35-38(5,6)27(2,3)4)20-23(32)30-21(25(33)34)26(37-24(20)30)36-19-9-7-17(8-10-19)15-29-13-11-18(12-14-29)22(28)31/h7-14,16,20,24H,15H2,1-6H3,(H2-,28,31,33,34)/p+1/t16-,20+,24-/m1/s1. The number of β-lactam (4-membered cyclic amide) rings is 1. The van der Waals surface area contributed by atoms with Gasteiger partial charge in [-0.1, -0.05) is 56.4 Å². The highest BCUT2D eigenvalue weighted by Gasteiger charge is 2.59. The Kier molecular flexibility index (Phi) is 7.86. The fourth-order valence-corrected chi connectivity index (χ4v) is 8.52. The van der Waals surface area contributed by atoms with Crippen molar-refractivity contribution in [1.29, 1.82) is 0 Å². The zero-order valence-electron chi connectivity index (χ0n) is 22.4. The molecule has 1 saturated heterocycles. The zero-order valence-corrected chi connectivity index (χ0v) is 25.1. The van der Waals surface area contributed by atoms with E-state index < -0.39 is 20.2 Å². The van der Waals surface area contributed by atoms with E-state index in [2.05, 4.69) is 33.9 Å². The molecule has 1 aromatic carbocycles. The number of primary amides is 1. The summed E-state index contributed by atoms with van der Waals surface area (Å²) in [7, 11) is -2.08. The van der Waals surface area contributed by atoms with E-state index in [1.807, 2.05) is 35.8 Å². The predicted molar refractivity (Wildman–Crippen MR) is 151 cm³/mol. The third-order valence-corrected chi connectivity index (χ3v) is 14.6. The van der Waals surface area contributed by atoms with E-state index in [0.29, 0.717) is 16.3 Å². The van der Waals surface area contributed by atoms with Gasteiger partial charge in [-0.05, 0) is 37.2 Å². The molecule has 0 unspecified atom stereocenters. The Morgan fingerprint density at radius 1 is 1.18 bits per heavy atom. The molecule has 2 aromatic rings. The summed E-state index contributed by atoms with van der Waals surface area (Å²) in [4.78, 5) is 38.9. The second-order valence-corrected chi connectivity index (χ2v) is 18.4. The number of aliphatic carboxylic acids is 1. The number of amides is 2. The molecule has 4 rings (SSSR count). The summed E-state index contributed by atoms with van der Waals surface area (Å²) in [6.07, 6.45) is 3.32. The van der Waals surface area contributed by atoms with Crippen molar-refractivity contribution in [2.75, 3.05) is 0 Å². The molecule has 202 valence electrons. The summed E-state index contributed by atoms with van der Waals surface area (Å²) in [5, 5.41) is 9.69. The number of aromatic nitrogens is 1. The first-order chi connectivity index (χ1) is 17.7. The molecule has 8 nitrogen and oxygen atoms in total. The Labute approximate surface area is 232 Å². The van der Waals surface area contributed by atoms with E-state index in [1.165, 1.54) is 28.4 Å². The van der Waals surface area contributed by atoms with Crippen LogP contribution < -0.4 is 10.3 Å². The molecule has 2 aliphatic rings. The van der Waals surface area contributed by atoms with Crippen molar-refractivity contribution in [3.8, 4) is 0 Å². The van der Waals surface area contributed by atoms with Crippen LogP contribution in [0.25, 0.3) is 0 Å². The molecule has 2 amide bonds. The van der Waals surface area contributed by atoms with Crippen LogP contribution in [0.3, 0.4) is 0 Å². The first-order valence-corrected chi connectivity index (χ1v) is 17.0. The lowest BCUT2D eigenvalue weighted by Crippen LogP contribution is -2.62. The molecule has 1 aromatic heterocycles. The third kappa shape index (κ3) is 5.56. The maximum absolute atomic E-state index is 13.1. The Morgan fingerprint density at radius 2 is 1.79 bits per heavy atom. The second-order valence-electron chi connectivity index (χ2n) is 11.1. The molecule has 0 saturated carbocycles. The van der Waals surface area contributed by atoms with Gasteiger partial charge >= 0.3 is 5.97 Å². The topological polar surface area (TPSA) is 114 Å². The number of nitrogens with zero attached hydrogens (tertiary/aromatic N) is 2. The summed E-state index contributed by atoms with van der Waals surface area (Å²) < 4.78 is 9.05. The van der Waals surface area contributed by atoms with E-state index in [-0.39, 0.29) is 34.0 Å². The van der Waals surface area contributed by atoms with Crippen molar-refractivity contribution in [3.05, 3.63) is 69.9 Å². The summed E-state index contributed by atoms with van der Waals surface area (Å²) in [6, 6.07) is 11.2. The number of fused-ring (bicyclic) bond motifs is 1. The van der Waals surface area contributed by atoms with Gasteiger partial charge in [0, 0.05) is 22.6 Å². The SMILES string of the molecule is C[C@@H](O[Si](C)(C)C(C)(C)C)[C@H]1C(=O)N2C(C(=O)O)=C(Sc3ccc(C[n+]4ccc(C(N)=O)cc4)cc3)S[C@H]12. The van der Waals surface area contributed by atoms with E-state index in [4.69, 9.17) is 10.2 Å². The van der Waals surface area contributed by atoms with Crippen molar-refractivity contribution in [1.82, 2.24) is 4.90 Å². The van der Waals surface area contributed by atoms with Gasteiger partial charge in [0.05, 0.1) is 21.8 Å². The first kappa shape index (κ1) is 28.4. The van der Waals surface area contributed by atoms with Crippen molar-refractivity contribution in [2.24, 2.45) is 11.7 Å².